The van der Waals surface area contributed by atoms with Crippen molar-refractivity contribution in [2.24, 2.45) is 5.92 Å². The largest absolute Gasteiger partial charge is 0.325 e. The summed E-state index contributed by atoms with van der Waals surface area (Å²) < 4.78 is 0.960. The average molecular weight is 324 g/mol. The van der Waals surface area contributed by atoms with Crippen LogP contribution >= 0.6 is 15.9 Å². The van der Waals surface area contributed by atoms with Crippen LogP contribution in [0, 0.1) is 12.8 Å². The van der Waals surface area contributed by atoms with Crippen LogP contribution in [-0.2, 0) is 4.79 Å². The van der Waals surface area contributed by atoms with Crippen molar-refractivity contribution in [1.82, 2.24) is 0 Å². The molecular weight excluding hydrogens is 302 g/mol. The fourth-order valence-corrected chi connectivity index (χ4v) is 3.35. The van der Waals surface area contributed by atoms with E-state index in [0.717, 1.165) is 10.2 Å². The summed E-state index contributed by atoms with van der Waals surface area (Å²) in [5, 5.41) is 3.02. The summed E-state index contributed by atoms with van der Waals surface area (Å²) in [7, 11) is 0. The molecular formula is C16H22BrNO. The predicted octanol–water partition coefficient (Wildman–Crippen LogP) is 5.06. The van der Waals surface area contributed by atoms with Gasteiger partial charge in [0.1, 0.15) is 0 Å². The molecule has 0 spiro atoms. The highest BCUT2D eigenvalue weighted by Gasteiger charge is 2.16. The van der Waals surface area contributed by atoms with Crippen LogP contribution in [0.1, 0.15) is 50.5 Å². The lowest BCUT2D eigenvalue weighted by Gasteiger charge is -2.14. The van der Waals surface area contributed by atoms with Crippen molar-refractivity contribution in [3.8, 4) is 0 Å². The zero-order chi connectivity index (χ0) is 13.7. The van der Waals surface area contributed by atoms with Gasteiger partial charge in [-0.1, -0.05) is 31.7 Å². The van der Waals surface area contributed by atoms with Crippen molar-refractivity contribution in [2.45, 2.75) is 51.9 Å². The third-order valence-corrected chi connectivity index (χ3v) is 4.50. The van der Waals surface area contributed by atoms with Crippen LogP contribution in [0.25, 0.3) is 0 Å². The summed E-state index contributed by atoms with van der Waals surface area (Å²) >= 11 is 3.50. The van der Waals surface area contributed by atoms with Crippen LogP contribution in [0.2, 0.25) is 0 Å². The molecule has 1 aromatic rings. The Morgan fingerprint density at radius 2 is 1.95 bits per heavy atom. The van der Waals surface area contributed by atoms with E-state index in [9.17, 15) is 4.79 Å². The van der Waals surface area contributed by atoms with E-state index in [-0.39, 0.29) is 5.91 Å². The number of carbonyl (C=O) groups is 1. The smallest absolute Gasteiger partial charge is 0.224 e. The quantitative estimate of drug-likeness (QED) is 0.774. The molecule has 1 aliphatic carbocycles. The Hall–Kier alpha value is -0.830. The summed E-state index contributed by atoms with van der Waals surface area (Å²) in [6, 6.07) is 6.01. The molecule has 1 aliphatic rings. The van der Waals surface area contributed by atoms with E-state index in [1.54, 1.807) is 0 Å². The highest BCUT2D eigenvalue weighted by Crippen LogP contribution is 2.27. The minimum absolute atomic E-state index is 0.149. The summed E-state index contributed by atoms with van der Waals surface area (Å²) in [6.07, 6.45) is 8.33. The van der Waals surface area contributed by atoms with E-state index in [1.165, 1.54) is 44.1 Å². The Balaban J connectivity index is 1.89. The predicted molar refractivity (Wildman–Crippen MR) is 83.3 cm³/mol. The monoisotopic (exact) mass is 323 g/mol. The molecule has 19 heavy (non-hydrogen) atoms. The molecule has 1 saturated carbocycles. The zero-order valence-corrected chi connectivity index (χ0v) is 13.1. The Morgan fingerprint density at radius 3 is 2.58 bits per heavy atom. The van der Waals surface area contributed by atoms with Crippen molar-refractivity contribution in [2.75, 3.05) is 5.32 Å². The maximum absolute atomic E-state index is 12.1. The third kappa shape index (κ3) is 4.64. The second-order valence-electron chi connectivity index (χ2n) is 5.59. The molecule has 0 atom stereocenters. The van der Waals surface area contributed by atoms with Gasteiger partial charge in [-0.2, -0.15) is 0 Å². The van der Waals surface area contributed by atoms with Crippen LogP contribution in [-0.4, -0.2) is 5.91 Å². The Morgan fingerprint density at radius 1 is 1.26 bits per heavy atom. The fourth-order valence-electron chi connectivity index (χ4n) is 2.75. The Labute approximate surface area is 124 Å². The van der Waals surface area contributed by atoms with E-state index in [2.05, 4.69) is 21.2 Å². The van der Waals surface area contributed by atoms with Gasteiger partial charge in [0, 0.05) is 10.9 Å². The van der Waals surface area contributed by atoms with Crippen LogP contribution < -0.4 is 5.32 Å². The molecule has 0 unspecified atom stereocenters. The number of carbonyl (C=O) groups excluding carboxylic acids is 1. The average Bonchev–Trinajstić information content (AvgIpc) is 2.61. The molecule has 0 bridgehead atoms. The summed E-state index contributed by atoms with van der Waals surface area (Å²) in [5.74, 6) is 0.725. The first kappa shape index (κ1) is 14.6. The number of nitrogens with one attached hydrogen (secondary N) is 1. The van der Waals surface area contributed by atoms with Gasteiger partial charge < -0.3 is 5.32 Å². The fraction of sp³-hybridized carbons (Fsp3) is 0.562. The van der Waals surface area contributed by atoms with Gasteiger partial charge in [-0.05, 0) is 59.3 Å². The van der Waals surface area contributed by atoms with E-state index >= 15 is 0 Å². The molecule has 1 aromatic carbocycles. The van der Waals surface area contributed by atoms with Crippen molar-refractivity contribution in [3.63, 3.8) is 0 Å². The maximum atomic E-state index is 12.1. The molecule has 1 fully saturated rings. The molecule has 2 nitrogen and oxygen atoms in total. The van der Waals surface area contributed by atoms with Crippen LogP contribution in [0.4, 0.5) is 5.69 Å². The molecule has 0 saturated heterocycles. The van der Waals surface area contributed by atoms with Crippen molar-refractivity contribution in [1.29, 1.82) is 0 Å². The highest BCUT2D eigenvalue weighted by molar-refractivity contribution is 9.10. The summed E-state index contributed by atoms with van der Waals surface area (Å²) in [4.78, 5) is 12.1. The molecule has 0 aliphatic heterocycles. The first-order valence-electron chi connectivity index (χ1n) is 7.21. The number of amides is 1. The van der Waals surface area contributed by atoms with Gasteiger partial charge in [-0.3, -0.25) is 4.79 Å². The lowest BCUT2D eigenvalue weighted by atomic mass is 9.96. The van der Waals surface area contributed by atoms with Crippen molar-refractivity contribution in [3.05, 3.63) is 28.2 Å². The molecule has 2 rings (SSSR count). The van der Waals surface area contributed by atoms with Crippen molar-refractivity contribution < 1.29 is 4.79 Å². The minimum atomic E-state index is 0.149. The second-order valence-corrected chi connectivity index (χ2v) is 6.45. The number of hydrogen-bond donors (Lipinski definition) is 1. The Bertz CT molecular complexity index is 436. The molecule has 3 heteroatoms. The van der Waals surface area contributed by atoms with Gasteiger partial charge in [0.15, 0.2) is 0 Å². The van der Waals surface area contributed by atoms with E-state index in [4.69, 9.17) is 0 Å². The van der Waals surface area contributed by atoms with Gasteiger partial charge in [0.2, 0.25) is 5.91 Å². The normalized spacial score (nSPS) is 16.9. The number of rotatable bonds is 3. The molecule has 104 valence electrons. The standard InChI is InChI=1S/C16H22BrNO/c1-12-8-9-15(14(17)10-12)18-16(19)11-13-6-4-2-3-5-7-13/h8-10,13H,2-7,11H2,1H3,(H,18,19). The number of benzene rings is 1. The number of halogens is 1. The molecule has 1 amide bonds. The minimum Gasteiger partial charge on any atom is -0.325 e. The lowest BCUT2D eigenvalue weighted by molar-refractivity contribution is -0.117. The summed E-state index contributed by atoms with van der Waals surface area (Å²) in [6.45, 7) is 2.04. The first-order chi connectivity index (χ1) is 9.15. The number of anilines is 1. The van der Waals surface area contributed by atoms with Gasteiger partial charge in [0.05, 0.1) is 5.69 Å². The summed E-state index contributed by atoms with van der Waals surface area (Å²) in [5.41, 5.74) is 2.07. The Kier molecular flexibility index (Phi) is 5.44. The topological polar surface area (TPSA) is 29.1 Å². The van der Waals surface area contributed by atoms with Gasteiger partial charge in [0.25, 0.3) is 0 Å². The zero-order valence-electron chi connectivity index (χ0n) is 11.5. The molecule has 0 aromatic heterocycles. The van der Waals surface area contributed by atoms with Gasteiger partial charge >= 0.3 is 0 Å². The van der Waals surface area contributed by atoms with E-state index < -0.39 is 0 Å². The van der Waals surface area contributed by atoms with E-state index in [1.807, 2.05) is 25.1 Å². The maximum Gasteiger partial charge on any atom is 0.224 e. The number of aryl methyl sites for hydroxylation is 1. The van der Waals surface area contributed by atoms with Crippen molar-refractivity contribution >= 4 is 27.5 Å². The van der Waals surface area contributed by atoms with E-state index in [0.29, 0.717) is 12.3 Å². The van der Waals surface area contributed by atoms with Gasteiger partial charge in [-0.25, -0.2) is 0 Å². The van der Waals surface area contributed by atoms with Gasteiger partial charge in [-0.15, -0.1) is 0 Å². The van der Waals surface area contributed by atoms with Crippen LogP contribution in [0.3, 0.4) is 0 Å². The van der Waals surface area contributed by atoms with Crippen LogP contribution in [0.15, 0.2) is 22.7 Å². The second kappa shape index (κ2) is 7.09. The van der Waals surface area contributed by atoms with Crippen LogP contribution in [0.5, 0.6) is 0 Å². The first-order valence-corrected chi connectivity index (χ1v) is 8.00. The molecule has 0 radical (unpaired) electrons. The highest BCUT2D eigenvalue weighted by atomic mass is 79.9. The SMILES string of the molecule is Cc1ccc(NC(=O)CC2CCCCCC2)c(Br)c1. The number of hydrogen-bond acceptors (Lipinski definition) is 1. The molecule has 0 heterocycles. The molecule has 1 N–H and O–H groups in total. The lowest BCUT2D eigenvalue weighted by Crippen LogP contribution is -2.16. The third-order valence-electron chi connectivity index (χ3n) is 3.85.